The van der Waals surface area contributed by atoms with Gasteiger partial charge in [-0.2, -0.15) is 0 Å². The van der Waals surface area contributed by atoms with Gasteiger partial charge in [0.05, 0.1) is 22.2 Å². The summed E-state index contributed by atoms with van der Waals surface area (Å²) in [6.07, 6.45) is 14.4. The van der Waals surface area contributed by atoms with E-state index in [0.717, 1.165) is 19.3 Å². The fourth-order valence-electron chi connectivity index (χ4n) is 7.89. The number of amides is 5. The third-order valence-electron chi connectivity index (χ3n) is 10.9. The second-order valence-corrected chi connectivity index (χ2v) is 18.1. The molecular weight excluding hydrogens is 683 g/mol. The van der Waals surface area contributed by atoms with Crippen LogP contribution in [0.15, 0.2) is 35.2 Å². The molecule has 13 heteroatoms. The van der Waals surface area contributed by atoms with Crippen LogP contribution in [0.1, 0.15) is 86.0 Å². The maximum Gasteiger partial charge on any atom is 0.315 e. The summed E-state index contributed by atoms with van der Waals surface area (Å²) in [7, 11) is -3.74. The molecule has 2 aliphatic carbocycles. The smallest absolute Gasteiger partial charge is 0.315 e. The number of carbonyl (C=O) groups excluding carboxylic acids is 5. The monoisotopic (exact) mass is 735 g/mol. The van der Waals surface area contributed by atoms with Crippen molar-refractivity contribution in [3.8, 4) is 24.7 Å². The number of urea groups is 1. The van der Waals surface area contributed by atoms with Gasteiger partial charge in [-0.3, -0.25) is 19.2 Å². The van der Waals surface area contributed by atoms with Crippen molar-refractivity contribution in [3.05, 3.63) is 30.3 Å². The fourth-order valence-corrected chi connectivity index (χ4v) is 9.72. The fraction of sp³-hybridized carbons (Fsp3) is 0.615. The van der Waals surface area contributed by atoms with Crippen LogP contribution in [0.5, 0.6) is 0 Å². The molecule has 3 fully saturated rings. The predicted octanol–water partition coefficient (Wildman–Crippen LogP) is 2.97. The van der Waals surface area contributed by atoms with E-state index in [1.807, 2.05) is 13.8 Å². The van der Waals surface area contributed by atoms with Gasteiger partial charge in [0.2, 0.25) is 17.6 Å². The summed E-state index contributed by atoms with van der Waals surface area (Å²) in [6, 6.07) is 4.20. The Morgan fingerprint density at radius 1 is 0.962 bits per heavy atom. The maximum absolute atomic E-state index is 14.5. The molecule has 2 saturated carbocycles. The number of carbonyl (C=O) groups is 5. The summed E-state index contributed by atoms with van der Waals surface area (Å²) in [4.78, 5) is 69.8. The number of nitrogens with zero attached hydrogens (tertiary/aromatic N) is 1. The van der Waals surface area contributed by atoms with Crippen LogP contribution < -0.4 is 21.3 Å². The highest BCUT2D eigenvalue weighted by Crippen LogP contribution is 2.65. The van der Waals surface area contributed by atoms with Gasteiger partial charge in [0, 0.05) is 25.9 Å². The Labute approximate surface area is 308 Å². The molecule has 0 aromatic heterocycles. The third kappa shape index (κ3) is 9.16. The molecule has 5 atom stereocenters. The third-order valence-corrected chi connectivity index (χ3v) is 12.8. The topological polar surface area (TPSA) is 171 Å². The lowest BCUT2D eigenvalue weighted by molar-refractivity contribution is -0.145. The minimum atomic E-state index is -3.74. The molecule has 1 heterocycles. The van der Waals surface area contributed by atoms with Crippen LogP contribution in [-0.2, 0) is 29.0 Å². The van der Waals surface area contributed by atoms with E-state index < -0.39 is 68.5 Å². The Bertz CT molecular complexity index is 1710. The highest BCUT2D eigenvalue weighted by Gasteiger charge is 2.70. The van der Waals surface area contributed by atoms with Gasteiger partial charge >= 0.3 is 6.03 Å². The molecule has 1 unspecified atom stereocenters. The highest BCUT2D eigenvalue weighted by atomic mass is 32.2. The summed E-state index contributed by atoms with van der Waals surface area (Å²) in [5.74, 6) is 1.52. The van der Waals surface area contributed by atoms with E-state index >= 15 is 0 Å². The van der Waals surface area contributed by atoms with Gasteiger partial charge in [-0.05, 0) is 54.1 Å². The Morgan fingerprint density at radius 2 is 1.60 bits per heavy atom. The first-order valence-corrected chi connectivity index (χ1v) is 19.7. The molecule has 1 aromatic rings. The predicted molar refractivity (Wildman–Crippen MR) is 197 cm³/mol. The number of nitrogens with one attached hydrogen (secondary N) is 4. The Hall–Kier alpha value is -4.36. The van der Waals surface area contributed by atoms with Crippen molar-refractivity contribution in [2.24, 2.45) is 22.7 Å². The molecule has 4 rings (SSSR count). The van der Waals surface area contributed by atoms with Gasteiger partial charge in [0.25, 0.3) is 5.91 Å². The zero-order chi connectivity index (χ0) is 38.5. The second-order valence-electron chi connectivity index (χ2n) is 16.1. The lowest BCUT2D eigenvalue weighted by Crippen LogP contribution is -2.63. The number of piperidine rings is 1. The van der Waals surface area contributed by atoms with E-state index in [1.165, 1.54) is 17.0 Å². The molecule has 0 radical (unpaired) electrons. The normalized spacial score (nSPS) is 22.7. The zero-order valence-electron chi connectivity index (χ0n) is 30.9. The Balaban J connectivity index is 1.55. The SMILES string of the molecule is C#CCCNC(=O)C(=O)C(CCC#C)NC(=O)[C@@H]1[C@H]2[C@@H](CN1C(=O)[C@@H](NC(=O)NC1(CS(=O)(=O)c3ccccc3)CCCCC1)C(C)(C)C)C2(C)C. The van der Waals surface area contributed by atoms with Crippen LogP contribution in [0, 0.1) is 47.4 Å². The van der Waals surface area contributed by atoms with E-state index in [4.69, 9.17) is 12.8 Å². The molecule has 1 saturated heterocycles. The summed E-state index contributed by atoms with van der Waals surface area (Å²) in [5.41, 5.74) is -2.10. The summed E-state index contributed by atoms with van der Waals surface area (Å²) in [6.45, 7) is 9.80. The molecule has 5 amide bonds. The first-order chi connectivity index (χ1) is 24.4. The van der Waals surface area contributed by atoms with Crippen LogP contribution in [0.4, 0.5) is 4.79 Å². The number of Topliss-reactive ketones (excluding diaryl/α,β-unsaturated/α-hetero) is 1. The van der Waals surface area contributed by atoms with E-state index in [2.05, 4.69) is 33.1 Å². The zero-order valence-corrected chi connectivity index (χ0v) is 31.7. The molecule has 3 aliphatic rings. The molecular formula is C39H53N5O7S. The molecule has 282 valence electrons. The largest absolute Gasteiger partial charge is 0.348 e. The number of benzene rings is 1. The number of ketones is 1. The van der Waals surface area contributed by atoms with Crippen molar-refractivity contribution in [3.63, 3.8) is 0 Å². The number of sulfone groups is 1. The minimum Gasteiger partial charge on any atom is -0.348 e. The average Bonchev–Trinajstić information content (AvgIpc) is 3.38. The molecule has 1 aliphatic heterocycles. The van der Waals surface area contributed by atoms with E-state index in [0.29, 0.717) is 12.8 Å². The lowest BCUT2D eigenvalue weighted by atomic mass is 9.83. The Morgan fingerprint density at radius 3 is 2.19 bits per heavy atom. The summed E-state index contributed by atoms with van der Waals surface area (Å²) in [5, 5.41) is 11.0. The van der Waals surface area contributed by atoms with Crippen LogP contribution in [0.2, 0.25) is 0 Å². The van der Waals surface area contributed by atoms with E-state index in [9.17, 15) is 32.4 Å². The Kier molecular flexibility index (Phi) is 12.5. The van der Waals surface area contributed by atoms with Crippen molar-refractivity contribution in [1.82, 2.24) is 26.2 Å². The number of rotatable bonds is 14. The summed E-state index contributed by atoms with van der Waals surface area (Å²) < 4.78 is 27.0. The minimum absolute atomic E-state index is 0.00210. The first-order valence-electron chi connectivity index (χ1n) is 18.0. The van der Waals surface area contributed by atoms with Crippen molar-refractivity contribution in [1.29, 1.82) is 0 Å². The van der Waals surface area contributed by atoms with Gasteiger partial charge in [-0.1, -0.05) is 72.1 Å². The number of likely N-dealkylation sites (tertiary alicyclic amines) is 1. The van der Waals surface area contributed by atoms with Gasteiger partial charge in [0.15, 0.2) is 9.84 Å². The standard InChI is InChI=1S/C39H53N5O7S/c1-8-10-20-28(31(45)34(47)40-23-11-9-2)41-33(46)30-29-27(38(29,6)7)24-44(30)35(48)32(37(3,4)5)42-36(49)43-39(21-16-13-17-22-39)25-52(50,51)26-18-14-12-15-19-26/h1-2,12,14-15,18-19,27-30,32H,10-11,13,16-17,20-25H2,3-7H3,(H,40,47)(H,41,46)(H2,42,43,49)/t27-,28?,29-,30+,32-/m1/s1. The van der Waals surface area contributed by atoms with Gasteiger partial charge in [-0.15, -0.1) is 24.7 Å². The van der Waals surface area contributed by atoms with Crippen molar-refractivity contribution in [2.75, 3.05) is 18.8 Å². The van der Waals surface area contributed by atoms with Crippen LogP contribution in [-0.4, -0.2) is 85.4 Å². The molecule has 0 spiro atoms. The maximum atomic E-state index is 14.5. The highest BCUT2D eigenvalue weighted by molar-refractivity contribution is 7.91. The quantitative estimate of drug-likeness (QED) is 0.129. The van der Waals surface area contributed by atoms with Crippen molar-refractivity contribution >= 4 is 39.4 Å². The second kappa shape index (κ2) is 16.1. The molecule has 1 aromatic carbocycles. The summed E-state index contributed by atoms with van der Waals surface area (Å²) >= 11 is 0. The van der Waals surface area contributed by atoms with Crippen LogP contribution in [0.3, 0.4) is 0 Å². The molecule has 52 heavy (non-hydrogen) atoms. The first kappa shape index (κ1) is 40.4. The van der Waals surface area contributed by atoms with Gasteiger partial charge in [-0.25, -0.2) is 13.2 Å². The number of hydrogen-bond acceptors (Lipinski definition) is 7. The van der Waals surface area contributed by atoms with Crippen molar-refractivity contribution in [2.45, 2.75) is 115 Å². The molecule has 4 N–H and O–H groups in total. The van der Waals surface area contributed by atoms with Crippen molar-refractivity contribution < 1.29 is 32.4 Å². The van der Waals surface area contributed by atoms with E-state index in [-0.39, 0.29) is 60.3 Å². The number of fused-ring (bicyclic) bond motifs is 1. The van der Waals surface area contributed by atoms with Gasteiger partial charge < -0.3 is 26.2 Å². The van der Waals surface area contributed by atoms with Gasteiger partial charge in [0.1, 0.15) is 12.1 Å². The molecule has 0 bridgehead atoms. The van der Waals surface area contributed by atoms with Crippen LogP contribution in [0.25, 0.3) is 0 Å². The van der Waals surface area contributed by atoms with Crippen LogP contribution >= 0.6 is 0 Å². The molecule has 12 nitrogen and oxygen atoms in total. The lowest BCUT2D eigenvalue weighted by Gasteiger charge is -2.40. The number of terminal acetylenes is 2. The van der Waals surface area contributed by atoms with E-state index in [1.54, 1.807) is 39.0 Å². The number of hydrogen-bond donors (Lipinski definition) is 4. The average molecular weight is 736 g/mol.